The predicted molar refractivity (Wildman–Crippen MR) is 117 cm³/mol. The maximum absolute atomic E-state index is 15.3. The van der Waals surface area contributed by atoms with Crippen LogP contribution in [0, 0.1) is 23.1 Å². The molecule has 0 amide bonds. The molecule has 0 radical (unpaired) electrons. The summed E-state index contributed by atoms with van der Waals surface area (Å²) in [7, 11) is 0. The highest BCUT2D eigenvalue weighted by Gasteiger charge is 2.37. The number of nitrogens with zero attached hydrogens (tertiary/aromatic N) is 3. The summed E-state index contributed by atoms with van der Waals surface area (Å²) >= 11 is 0. The number of aliphatic imine (C=N–C) groups is 1. The van der Waals surface area contributed by atoms with Crippen molar-refractivity contribution in [3.63, 3.8) is 0 Å². The normalized spacial score (nSPS) is 19.0. The Kier molecular flexibility index (Phi) is 8.52. The molecular weight excluding hydrogens is 387 g/mol. The van der Waals surface area contributed by atoms with Gasteiger partial charge in [0.25, 0.3) is 5.92 Å². The van der Waals surface area contributed by atoms with Crippen molar-refractivity contribution >= 4 is 11.4 Å². The van der Waals surface area contributed by atoms with Crippen molar-refractivity contribution < 1.29 is 13.2 Å². The van der Waals surface area contributed by atoms with E-state index in [4.69, 9.17) is 5.26 Å². The number of allylic oxidation sites excluding steroid dienone is 1. The van der Waals surface area contributed by atoms with Crippen LogP contribution in [0.1, 0.15) is 65.4 Å². The number of anilines is 1. The Morgan fingerprint density at radius 2 is 2.03 bits per heavy atom. The SMILES string of the molecule is CCCC(CC)CC(F)(F)/C(C)=C1\CN(c2ccc(F)c(C#N)c2)CC\C1=N\CC. The number of nitriles is 1. The molecule has 1 saturated heterocycles. The molecule has 6 heteroatoms. The molecule has 1 aromatic rings. The van der Waals surface area contributed by atoms with Crippen molar-refractivity contribution in [1.29, 1.82) is 5.26 Å². The van der Waals surface area contributed by atoms with Crippen molar-refractivity contribution in [2.24, 2.45) is 10.9 Å². The highest BCUT2D eigenvalue weighted by Crippen LogP contribution is 2.37. The fraction of sp³-hybridized carbons (Fsp3) is 0.583. The molecule has 1 heterocycles. The van der Waals surface area contributed by atoms with Gasteiger partial charge in [-0.05, 0) is 43.5 Å². The van der Waals surface area contributed by atoms with Gasteiger partial charge >= 0.3 is 0 Å². The average Bonchev–Trinajstić information content (AvgIpc) is 2.73. The second kappa shape index (κ2) is 10.7. The summed E-state index contributed by atoms with van der Waals surface area (Å²) < 4.78 is 44.2. The lowest BCUT2D eigenvalue weighted by Gasteiger charge is -2.34. The first-order valence-corrected chi connectivity index (χ1v) is 10.8. The Hall–Kier alpha value is -2.29. The fourth-order valence-corrected chi connectivity index (χ4v) is 4.06. The van der Waals surface area contributed by atoms with Gasteiger partial charge in [-0.3, -0.25) is 4.99 Å². The summed E-state index contributed by atoms with van der Waals surface area (Å²) in [5.74, 6) is -3.49. The minimum Gasteiger partial charge on any atom is -0.367 e. The molecule has 3 nitrogen and oxygen atoms in total. The minimum atomic E-state index is -2.90. The van der Waals surface area contributed by atoms with Crippen molar-refractivity contribution in [2.75, 3.05) is 24.5 Å². The Balaban J connectivity index is 2.39. The number of alkyl halides is 2. The first-order chi connectivity index (χ1) is 14.3. The average molecular weight is 420 g/mol. The molecule has 1 fully saturated rings. The predicted octanol–water partition coefficient (Wildman–Crippen LogP) is 6.54. The largest absolute Gasteiger partial charge is 0.367 e. The zero-order valence-corrected chi connectivity index (χ0v) is 18.4. The van der Waals surface area contributed by atoms with E-state index in [2.05, 4.69) is 4.99 Å². The fourth-order valence-electron chi connectivity index (χ4n) is 4.06. The number of benzene rings is 1. The van der Waals surface area contributed by atoms with E-state index in [1.54, 1.807) is 6.07 Å². The molecule has 0 spiro atoms. The van der Waals surface area contributed by atoms with E-state index in [9.17, 15) is 4.39 Å². The molecule has 0 N–H and O–H groups in total. The van der Waals surface area contributed by atoms with Crippen LogP contribution in [-0.2, 0) is 0 Å². The summed E-state index contributed by atoms with van der Waals surface area (Å²) in [6, 6.07) is 6.18. The lowest BCUT2D eigenvalue weighted by molar-refractivity contribution is 0.0123. The summed E-state index contributed by atoms with van der Waals surface area (Å²) in [4.78, 5) is 6.42. The number of piperidine rings is 1. The van der Waals surface area contributed by atoms with Crippen LogP contribution in [0.3, 0.4) is 0 Å². The van der Waals surface area contributed by atoms with Gasteiger partial charge in [0.05, 0.1) is 5.56 Å². The van der Waals surface area contributed by atoms with E-state index in [-0.39, 0.29) is 30.0 Å². The maximum atomic E-state index is 15.3. The summed E-state index contributed by atoms with van der Waals surface area (Å²) in [6.07, 6.45) is 2.82. The Morgan fingerprint density at radius 1 is 1.30 bits per heavy atom. The van der Waals surface area contributed by atoms with Gasteiger partial charge in [0.1, 0.15) is 11.9 Å². The Morgan fingerprint density at radius 3 is 2.63 bits per heavy atom. The molecule has 1 unspecified atom stereocenters. The monoisotopic (exact) mass is 419 g/mol. The second-order valence-corrected chi connectivity index (χ2v) is 7.94. The molecule has 30 heavy (non-hydrogen) atoms. The first-order valence-electron chi connectivity index (χ1n) is 10.8. The van der Waals surface area contributed by atoms with Crippen LogP contribution in [0.25, 0.3) is 0 Å². The van der Waals surface area contributed by atoms with Crippen molar-refractivity contribution in [3.8, 4) is 6.07 Å². The topological polar surface area (TPSA) is 39.4 Å². The smallest absolute Gasteiger partial charge is 0.270 e. The van der Waals surface area contributed by atoms with Crippen molar-refractivity contribution in [1.82, 2.24) is 0 Å². The molecule has 0 bridgehead atoms. The number of hydrogen-bond acceptors (Lipinski definition) is 3. The molecule has 2 rings (SSSR count). The molecule has 1 aromatic carbocycles. The van der Waals surface area contributed by atoms with Crippen LogP contribution in [0.4, 0.5) is 18.9 Å². The van der Waals surface area contributed by atoms with Crippen LogP contribution in [0.2, 0.25) is 0 Å². The van der Waals surface area contributed by atoms with E-state index >= 15 is 8.78 Å². The van der Waals surface area contributed by atoms with Crippen LogP contribution in [0.15, 0.2) is 34.3 Å². The van der Waals surface area contributed by atoms with Gasteiger partial charge < -0.3 is 4.90 Å². The van der Waals surface area contributed by atoms with Gasteiger partial charge in [-0.15, -0.1) is 0 Å². The number of halogens is 3. The molecule has 0 saturated carbocycles. The van der Waals surface area contributed by atoms with Gasteiger partial charge in [0.15, 0.2) is 0 Å². The zero-order chi connectivity index (χ0) is 22.3. The molecule has 1 aliphatic heterocycles. The molecular formula is C24H32F3N3. The molecule has 1 aliphatic rings. The highest BCUT2D eigenvalue weighted by atomic mass is 19.3. The number of hydrogen-bond donors (Lipinski definition) is 0. The molecule has 1 atom stereocenters. The van der Waals surface area contributed by atoms with Crippen LogP contribution in [-0.4, -0.2) is 31.3 Å². The van der Waals surface area contributed by atoms with Crippen LogP contribution >= 0.6 is 0 Å². The van der Waals surface area contributed by atoms with E-state index in [1.807, 2.05) is 31.7 Å². The summed E-state index contributed by atoms with van der Waals surface area (Å²) in [5, 5.41) is 9.11. The molecule has 0 aromatic heterocycles. The van der Waals surface area contributed by atoms with E-state index in [1.165, 1.54) is 19.1 Å². The Labute approximate surface area is 178 Å². The van der Waals surface area contributed by atoms with Crippen LogP contribution in [0.5, 0.6) is 0 Å². The van der Waals surface area contributed by atoms with Gasteiger partial charge in [-0.1, -0.05) is 33.1 Å². The van der Waals surface area contributed by atoms with Crippen LogP contribution < -0.4 is 4.90 Å². The van der Waals surface area contributed by atoms with Crippen molar-refractivity contribution in [2.45, 2.75) is 65.7 Å². The van der Waals surface area contributed by atoms with Gasteiger partial charge in [-0.25, -0.2) is 13.2 Å². The van der Waals surface area contributed by atoms with E-state index < -0.39 is 11.7 Å². The third-order valence-corrected chi connectivity index (χ3v) is 5.92. The zero-order valence-electron chi connectivity index (χ0n) is 18.4. The van der Waals surface area contributed by atoms with Gasteiger partial charge in [-0.2, -0.15) is 5.26 Å². The summed E-state index contributed by atoms with van der Waals surface area (Å²) in [6.45, 7) is 8.82. The number of rotatable bonds is 8. The molecule has 0 aliphatic carbocycles. The third kappa shape index (κ3) is 5.65. The lowest BCUT2D eigenvalue weighted by Crippen LogP contribution is -2.38. The highest BCUT2D eigenvalue weighted by molar-refractivity contribution is 6.03. The Bertz CT molecular complexity index is 837. The minimum absolute atomic E-state index is 0.0120. The third-order valence-electron chi connectivity index (χ3n) is 5.92. The van der Waals surface area contributed by atoms with E-state index in [0.29, 0.717) is 30.8 Å². The first kappa shape index (κ1) is 24.0. The lowest BCUT2D eigenvalue weighted by atomic mass is 9.87. The quantitative estimate of drug-likeness (QED) is 0.480. The maximum Gasteiger partial charge on any atom is 0.270 e. The standard InChI is InChI=1S/C24H32F3N3/c1-5-8-18(6-2)14-24(26,27)17(4)21-16-30(12-11-23(21)29-7-3)20-9-10-22(25)19(13-20)15-28/h9-10,13,18H,5-8,11-12,14,16H2,1-4H3/b21-17+,29-23-. The van der Waals surface area contributed by atoms with Gasteiger partial charge in [0.2, 0.25) is 0 Å². The summed E-state index contributed by atoms with van der Waals surface area (Å²) in [5.41, 5.74) is 2.00. The van der Waals surface area contributed by atoms with Crippen molar-refractivity contribution in [3.05, 3.63) is 40.7 Å². The van der Waals surface area contributed by atoms with Gasteiger partial charge in [0, 0.05) is 49.4 Å². The second-order valence-electron chi connectivity index (χ2n) is 7.94. The van der Waals surface area contributed by atoms with E-state index in [0.717, 1.165) is 25.0 Å². The molecule has 164 valence electrons.